The first-order valence-electron chi connectivity index (χ1n) is 9.69. The number of esters is 1. The number of nitrogens with zero attached hydrogens (tertiary/aromatic N) is 3. The second kappa shape index (κ2) is 8.67. The van der Waals surface area contributed by atoms with Crippen molar-refractivity contribution < 1.29 is 28.2 Å². The molecule has 11 nitrogen and oxygen atoms in total. The summed E-state index contributed by atoms with van der Waals surface area (Å²) in [5.74, 6) is -0.452. The van der Waals surface area contributed by atoms with Gasteiger partial charge in [-0.2, -0.15) is 10.1 Å². The molecule has 0 radical (unpaired) electrons. The van der Waals surface area contributed by atoms with Crippen LogP contribution < -0.4 is 5.43 Å². The monoisotopic (exact) mass is 418 g/mol. The van der Waals surface area contributed by atoms with Gasteiger partial charge in [0, 0.05) is 25.8 Å². The summed E-state index contributed by atoms with van der Waals surface area (Å²) < 4.78 is 21.1. The molecule has 1 amide bonds. The van der Waals surface area contributed by atoms with E-state index in [1.807, 2.05) is 0 Å². The van der Waals surface area contributed by atoms with Gasteiger partial charge in [-0.05, 0) is 13.0 Å². The third-order valence-corrected chi connectivity index (χ3v) is 4.83. The third-order valence-electron chi connectivity index (χ3n) is 4.83. The molecule has 0 saturated carbocycles. The van der Waals surface area contributed by atoms with Crippen LogP contribution in [0.4, 0.5) is 4.79 Å². The number of carbonyl (C=O) groups is 2. The maximum atomic E-state index is 12.5. The maximum Gasteiger partial charge on any atom is 0.430 e. The highest BCUT2D eigenvalue weighted by atomic mass is 16.6. The van der Waals surface area contributed by atoms with Crippen LogP contribution in [-0.2, 0) is 14.2 Å². The summed E-state index contributed by atoms with van der Waals surface area (Å²) in [7, 11) is 0. The van der Waals surface area contributed by atoms with E-state index >= 15 is 0 Å². The van der Waals surface area contributed by atoms with Crippen LogP contribution in [0.15, 0.2) is 26.6 Å². The van der Waals surface area contributed by atoms with Gasteiger partial charge in [0.2, 0.25) is 11.1 Å². The number of aromatic nitrogens is 1. The predicted molar refractivity (Wildman–Crippen MR) is 105 cm³/mol. The lowest BCUT2D eigenvalue weighted by molar-refractivity contribution is 0.0188. The minimum atomic E-state index is -0.705. The third kappa shape index (κ3) is 4.21. The first-order valence-corrected chi connectivity index (χ1v) is 9.69. The van der Waals surface area contributed by atoms with Crippen molar-refractivity contribution in [1.82, 2.24) is 14.9 Å². The largest absolute Gasteiger partial charge is 0.462 e. The number of carbonyl (C=O) groups excluding carboxylic acids is 2. The lowest BCUT2D eigenvalue weighted by Gasteiger charge is -2.27. The van der Waals surface area contributed by atoms with Crippen molar-refractivity contribution in [2.45, 2.75) is 13.0 Å². The van der Waals surface area contributed by atoms with Gasteiger partial charge in [-0.25, -0.2) is 9.59 Å². The SMILES string of the molecule is CCOC(=O)c1c[nH]c2oc(/C=N\N3C[C@@H](CN4CCOCC4)OC3=O)cc2c1=O. The van der Waals surface area contributed by atoms with Crippen molar-refractivity contribution in [3.05, 3.63) is 33.8 Å². The lowest BCUT2D eigenvalue weighted by atomic mass is 10.2. The maximum absolute atomic E-state index is 12.5. The van der Waals surface area contributed by atoms with Gasteiger partial charge in [0.1, 0.15) is 17.4 Å². The number of H-pyrrole nitrogens is 1. The van der Waals surface area contributed by atoms with Crippen molar-refractivity contribution >= 4 is 29.4 Å². The molecule has 2 saturated heterocycles. The Labute approximate surface area is 171 Å². The Morgan fingerprint density at radius 3 is 2.93 bits per heavy atom. The molecule has 0 aromatic carbocycles. The average Bonchev–Trinajstić information content (AvgIpc) is 3.31. The molecule has 2 aromatic rings. The molecule has 160 valence electrons. The molecule has 2 aliphatic rings. The van der Waals surface area contributed by atoms with Crippen LogP contribution in [0.5, 0.6) is 0 Å². The van der Waals surface area contributed by atoms with Crippen LogP contribution in [0.2, 0.25) is 0 Å². The second-order valence-corrected chi connectivity index (χ2v) is 6.89. The Hall–Kier alpha value is -3.18. The summed E-state index contributed by atoms with van der Waals surface area (Å²) in [6.07, 6.45) is 1.76. The summed E-state index contributed by atoms with van der Waals surface area (Å²) in [6.45, 7) is 5.71. The first kappa shape index (κ1) is 20.1. The van der Waals surface area contributed by atoms with E-state index in [1.54, 1.807) is 6.92 Å². The summed E-state index contributed by atoms with van der Waals surface area (Å²) >= 11 is 0. The van der Waals surface area contributed by atoms with Crippen LogP contribution in [0.3, 0.4) is 0 Å². The van der Waals surface area contributed by atoms with E-state index in [-0.39, 0.29) is 35.1 Å². The van der Waals surface area contributed by atoms with Crippen molar-refractivity contribution in [3.63, 3.8) is 0 Å². The first-order chi connectivity index (χ1) is 14.5. The molecule has 2 aliphatic heterocycles. The van der Waals surface area contributed by atoms with Crippen molar-refractivity contribution in [2.75, 3.05) is 46.0 Å². The van der Waals surface area contributed by atoms with Crippen LogP contribution in [0.25, 0.3) is 11.1 Å². The summed E-state index contributed by atoms with van der Waals surface area (Å²) in [5.41, 5.74) is -0.414. The zero-order valence-corrected chi connectivity index (χ0v) is 16.5. The molecule has 2 aromatic heterocycles. The number of hydrazone groups is 1. The zero-order valence-electron chi connectivity index (χ0n) is 16.5. The Morgan fingerprint density at radius 2 is 2.17 bits per heavy atom. The van der Waals surface area contributed by atoms with Crippen LogP contribution in [0, 0.1) is 0 Å². The number of rotatable bonds is 6. The molecule has 0 aliphatic carbocycles. The van der Waals surface area contributed by atoms with E-state index in [1.165, 1.54) is 23.5 Å². The van der Waals surface area contributed by atoms with Gasteiger partial charge in [0.05, 0.1) is 38.0 Å². The van der Waals surface area contributed by atoms with Crippen molar-refractivity contribution in [2.24, 2.45) is 5.10 Å². The molecule has 1 atom stereocenters. The molecule has 30 heavy (non-hydrogen) atoms. The molecular formula is C19H22N4O7. The smallest absolute Gasteiger partial charge is 0.430 e. The molecule has 1 N–H and O–H groups in total. The fourth-order valence-corrected chi connectivity index (χ4v) is 3.35. The van der Waals surface area contributed by atoms with Crippen LogP contribution >= 0.6 is 0 Å². The molecule has 0 spiro atoms. The van der Waals surface area contributed by atoms with E-state index in [4.69, 9.17) is 18.6 Å². The molecule has 0 bridgehead atoms. The molecule has 11 heteroatoms. The number of morpholine rings is 1. The highest BCUT2D eigenvalue weighted by molar-refractivity contribution is 5.94. The molecule has 4 heterocycles. The van der Waals surface area contributed by atoms with Gasteiger partial charge >= 0.3 is 12.1 Å². The van der Waals surface area contributed by atoms with Gasteiger partial charge in [0.15, 0.2) is 0 Å². The van der Waals surface area contributed by atoms with E-state index in [0.717, 1.165) is 13.1 Å². The summed E-state index contributed by atoms with van der Waals surface area (Å²) in [4.78, 5) is 41.3. The number of pyridine rings is 1. The van der Waals surface area contributed by atoms with Crippen LogP contribution in [0.1, 0.15) is 23.0 Å². The van der Waals surface area contributed by atoms with Crippen molar-refractivity contribution in [1.29, 1.82) is 0 Å². The van der Waals surface area contributed by atoms with Gasteiger partial charge in [-0.1, -0.05) is 0 Å². The number of aromatic amines is 1. The van der Waals surface area contributed by atoms with E-state index < -0.39 is 17.5 Å². The van der Waals surface area contributed by atoms with E-state index in [9.17, 15) is 14.4 Å². The van der Waals surface area contributed by atoms with Gasteiger partial charge in [-0.3, -0.25) is 9.69 Å². The van der Waals surface area contributed by atoms with E-state index in [0.29, 0.717) is 26.3 Å². The number of ether oxygens (including phenoxy) is 3. The van der Waals surface area contributed by atoms with Gasteiger partial charge in [-0.15, -0.1) is 0 Å². The highest BCUT2D eigenvalue weighted by Crippen LogP contribution is 2.16. The van der Waals surface area contributed by atoms with Gasteiger partial charge in [0.25, 0.3) is 0 Å². The summed E-state index contributed by atoms with van der Waals surface area (Å²) in [6, 6.07) is 1.45. The fraction of sp³-hybridized carbons (Fsp3) is 0.474. The Kier molecular flexibility index (Phi) is 5.81. The number of nitrogens with one attached hydrogen (secondary N) is 1. The molecule has 0 unspecified atom stereocenters. The minimum Gasteiger partial charge on any atom is -0.462 e. The number of hydrogen-bond donors (Lipinski definition) is 1. The second-order valence-electron chi connectivity index (χ2n) is 6.89. The number of cyclic esters (lactones) is 1. The molecule has 2 fully saturated rings. The van der Waals surface area contributed by atoms with Gasteiger partial charge < -0.3 is 23.6 Å². The number of hydrogen-bond acceptors (Lipinski definition) is 9. The number of furan rings is 1. The Bertz CT molecular complexity index is 1020. The molecular weight excluding hydrogens is 396 g/mol. The predicted octanol–water partition coefficient (Wildman–Crippen LogP) is 0.785. The fourth-order valence-electron chi connectivity index (χ4n) is 3.35. The number of amides is 1. The summed E-state index contributed by atoms with van der Waals surface area (Å²) in [5, 5.41) is 5.52. The lowest BCUT2D eigenvalue weighted by Crippen LogP contribution is -2.41. The minimum absolute atomic E-state index is 0.109. The Balaban J connectivity index is 1.44. The average molecular weight is 418 g/mol. The highest BCUT2D eigenvalue weighted by Gasteiger charge is 2.32. The number of fused-ring (bicyclic) bond motifs is 1. The standard InChI is InChI=1S/C19H22N4O7/c1-2-28-18(25)15-9-20-17-14(16(15)24)7-12(29-17)8-21-23-11-13(30-19(23)26)10-22-3-5-27-6-4-22/h7-9,13H,2-6,10-11H2,1H3,(H,20,24)/b21-8-/t13-/m1/s1. The quantitative estimate of drug-likeness (QED) is 0.539. The normalized spacial score (nSPS) is 20.2. The van der Waals surface area contributed by atoms with Crippen molar-refractivity contribution in [3.8, 4) is 0 Å². The Morgan fingerprint density at radius 1 is 1.37 bits per heavy atom. The van der Waals surface area contributed by atoms with Crippen LogP contribution in [-0.4, -0.2) is 85.3 Å². The van der Waals surface area contributed by atoms with E-state index in [2.05, 4.69) is 15.0 Å². The zero-order chi connectivity index (χ0) is 21.1. The molecule has 4 rings (SSSR count). The topological polar surface area (TPSA) is 127 Å².